The number of para-hydroxylation sites is 2. The number of hydrogen-bond donors (Lipinski definition) is 0. The number of hydrogen-bond acceptors (Lipinski definition) is 4. The number of nitrogens with zero attached hydrogens (tertiary/aromatic N) is 5. The molecule has 0 amide bonds. The largest absolute Gasteiger partial charge is 0.296 e. The lowest BCUT2D eigenvalue weighted by Gasteiger charge is -2.12. The van der Waals surface area contributed by atoms with Crippen molar-refractivity contribution in [1.82, 2.24) is 24.1 Å². The van der Waals surface area contributed by atoms with Crippen molar-refractivity contribution in [2.24, 2.45) is 5.92 Å². The third kappa shape index (κ3) is 3.17. The molecular formula is C24H22FN5O. The lowest BCUT2D eigenvalue weighted by atomic mass is 10.1. The van der Waals surface area contributed by atoms with Crippen LogP contribution < -0.4 is 5.56 Å². The molecule has 0 atom stereocenters. The van der Waals surface area contributed by atoms with Crippen LogP contribution in [0.1, 0.15) is 26.1 Å². The van der Waals surface area contributed by atoms with Gasteiger partial charge in [-0.05, 0) is 55.7 Å². The molecular weight excluding hydrogens is 393 g/mol. The Balaban J connectivity index is 1.92. The molecule has 6 nitrogen and oxygen atoms in total. The predicted molar refractivity (Wildman–Crippen MR) is 120 cm³/mol. The van der Waals surface area contributed by atoms with E-state index >= 15 is 0 Å². The highest BCUT2D eigenvalue weighted by molar-refractivity contribution is 6.05. The van der Waals surface area contributed by atoms with Crippen LogP contribution in [0.25, 0.3) is 38.9 Å². The monoisotopic (exact) mass is 415 g/mol. The maximum atomic E-state index is 13.6. The molecule has 0 saturated carbocycles. The van der Waals surface area contributed by atoms with Gasteiger partial charge in [0.15, 0.2) is 11.3 Å². The topological polar surface area (TPSA) is 65.6 Å². The SMILES string of the molecule is Cc1nc2c(c(=O)n1CCC(C)C)c1nc3ccccc3nc1n2-c1ccc(F)cc1. The van der Waals surface area contributed by atoms with Crippen LogP contribution in [0.4, 0.5) is 4.39 Å². The van der Waals surface area contributed by atoms with Crippen LogP contribution in [0.5, 0.6) is 0 Å². The summed E-state index contributed by atoms with van der Waals surface area (Å²) in [5.74, 6) is 0.765. The van der Waals surface area contributed by atoms with Crippen molar-refractivity contribution in [3.8, 4) is 5.69 Å². The van der Waals surface area contributed by atoms with Crippen molar-refractivity contribution in [2.45, 2.75) is 33.7 Å². The summed E-state index contributed by atoms with van der Waals surface area (Å²) in [5.41, 5.74) is 3.51. The molecule has 0 aliphatic heterocycles. The van der Waals surface area contributed by atoms with Gasteiger partial charge in [0.2, 0.25) is 0 Å². The maximum absolute atomic E-state index is 13.6. The van der Waals surface area contributed by atoms with Crippen molar-refractivity contribution in [1.29, 1.82) is 0 Å². The van der Waals surface area contributed by atoms with Crippen molar-refractivity contribution in [2.75, 3.05) is 0 Å². The zero-order chi connectivity index (χ0) is 21.7. The molecule has 0 saturated heterocycles. The van der Waals surface area contributed by atoms with Gasteiger partial charge in [-0.3, -0.25) is 13.9 Å². The van der Waals surface area contributed by atoms with E-state index in [2.05, 4.69) is 13.8 Å². The molecule has 2 aromatic carbocycles. The number of benzene rings is 2. The van der Waals surface area contributed by atoms with Gasteiger partial charge in [-0.25, -0.2) is 19.3 Å². The Kier molecular flexibility index (Phi) is 4.54. The predicted octanol–water partition coefficient (Wildman–Crippen LogP) is 4.78. The summed E-state index contributed by atoms with van der Waals surface area (Å²) < 4.78 is 17.1. The summed E-state index contributed by atoms with van der Waals surface area (Å²) >= 11 is 0. The summed E-state index contributed by atoms with van der Waals surface area (Å²) in [4.78, 5) is 28.0. The van der Waals surface area contributed by atoms with Gasteiger partial charge in [0.1, 0.15) is 22.5 Å². The average molecular weight is 415 g/mol. The Morgan fingerprint density at radius 3 is 2.29 bits per heavy atom. The summed E-state index contributed by atoms with van der Waals surface area (Å²) in [6.07, 6.45) is 0.874. The van der Waals surface area contributed by atoms with Crippen molar-refractivity contribution in [3.05, 3.63) is 70.5 Å². The lowest BCUT2D eigenvalue weighted by Crippen LogP contribution is -2.24. The molecule has 0 unspecified atom stereocenters. The van der Waals surface area contributed by atoms with Gasteiger partial charge in [-0.15, -0.1) is 0 Å². The second-order valence-electron chi connectivity index (χ2n) is 8.19. The highest BCUT2D eigenvalue weighted by Gasteiger charge is 2.22. The van der Waals surface area contributed by atoms with Crippen LogP contribution in [0.15, 0.2) is 53.3 Å². The van der Waals surface area contributed by atoms with Crippen LogP contribution in [-0.4, -0.2) is 24.1 Å². The maximum Gasteiger partial charge on any atom is 0.265 e. The first-order chi connectivity index (χ1) is 14.9. The van der Waals surface area contributed by atoms with Gasteiger partial charge in [0.25, 0.3) is 5.56 Å². The lowest BCUT2D eigenvalue weighted by molar-refractivity contribution is 0.498. The molecule has 31 heavy (non-hydrogen) atoms. The fourth-order valence-electron chi connectivity index (χ4n) is 3.92. The van der Waals surface area contributed by atoms with Gasteiger partial charge >= 0.3 is 0 Å². The molecule has 0 fully saturated rings. The normalized spacial score (nSPS) is 11.9. The highest BCUT2D eigenvalue weighted by Crippen LogP contribution is 2.28. The smallest absolute Gasteiger partial charge is 0.265 e. The highest BCUT2D eigenvalue weighted by atomic mass is 19.1. The second kappa shape index (κ2) is 7.27. The molecule has 0 spiro atoms. The van der Waals surface area contributed by atoms with E-state index < -0.39 is 0 Å². The number of aryl methyl sites for hydroxylation is 1. The van der Waals surface area contributed by atoms with E-state index in [1.807, 2.05) is 31.2 Å². The molecule has 3 heterocycles. The van der Waals surface area contributed by atoms with E-state index in [4.69, 9.17) is 15.0 Å². The Morgan fingerprint density at radius 2 is 1.61 bits per heavy atom. The Labute approximate surface area is 178 Å². The first kappa shape index (κ1) is 19.4. The molecule has 7 heteroatoms. The molecule has 5 aromatic rings. The third-order valence-corrected chi connectivity index (χ3v) is 5.57. The second-order valence-corrected chi connectivity index (χ2v) is 8.19. The van der Waals surface area contributed by atoms with E-state index in [-0.39, 0.29) is 11.4 Å². The molecule has 0 aliphatic rings. The summed E-state index contributed by atoms with van der Waals surface area (Å²) in [6.45, 7) is 6.69. The number of rotatable bonds is 4. The van der Waals surface area contributed by atoms with Crippen molar-refractivity contribution < 1.29 is 4.39 Å². The molecule has 3 aromatic heterocycles. The van der Waals surface area contributed by atoms with E-state index in [0.29, 0.717) is 51.7 Å². The fourth-order valence-corrected chi connectivity index (χ4v) is 3.92. The van der Waals surface area contributed by atoms with Crippen LogP contribution in [0.3, 0.4) is 0 Å². The molecule has 5 rings (SSSR count). The first-order valence-electron chi connectivity index (χ1n) is 10.4. The Bertz CT molecular complexity index is 1500. The van der Waals surface area contributed by atoms with Gasteiger partial charge in [-0.2, -0.15) is 0 Å². The molecule has 156 valence electrons. The number of aromatic nitrogens is 5. The molecule has 0 aliphatic carbocycles. The van der Waals surface area contributed by atoms with Crippen LogP contribution in [0.2, 0.25) is 0 Å². The fraction of sp³-hybridized carbons (Fsp3) is 0.250. The minimum absolute atomic E-state index is 0.126. The summed E-state index contributed by atoms with van der Waals surface area (Å²) in [5, 5.41) is 0.437. The van der Waals surface area contributed by atoms with Crippen molar-refractivity contribution in [3.63, 3.8) is 0 Å². The number of fused-ring (bicyclic) bond motifs is 4. The summed E-state index contributed by atoms with van der Waals surface area (Å²) in [7, 11) is 0. The van der Waals surface area contributed by atoms with E-state index in [1.54, 1.807) is 21.3 Å². The van der Waals surface area contributed by atoms with E-state index in [0.717, 1.165) is 11.9 Å². The summed E-state index contributed by atoms with van der Waals surface area (Å²) in [6, 6.07) is 13.6. The third-order valence-electron chi connectivity index (χ3n) is 5.57. The quantitative estimate of drug-likeness (QED) is 0.424. The zero-order valence-corrected chi connectivity index (χ0v) is 17.6. The van der Waals surface area contributed by atoms with Crippen molar-refractivity contribution >= 4 is 33.2 Å². The van der Waals surface area contributed by atoms with Gasteiger partial charge in [0.05, 0.1) is 11.0 Å². The minimum atomic E-state index is -0.332. The van der Waals surface area contributed by atoms with Crippen LogP contribution in [0, 0.1) is 18.7 Å². The molecule has 0 radical (unpaired) electrons. The Morgan fingerprint density at radius 1 is 0.935 bits per heavy atom. The van der Waals surface area contributed by atoms with E-state index in [1.165, 1.54) is 12.1 Å². The van der Waals surface area contributed by atoms with Crippen LogP contribution in [-0.2, 0) is 6.54 Å². The van der Waals surface area contributed by atoms with Crippen LogP contribution >= 0.6 is 0 Å². The number of halogens is 1. The van der Waals surface area contributed by atoms with Gasteiger partial charge in [0, 0.05) is 12.2 Å². The standard InChI is InChI=1S/C24H22FN5O/c1-14(2)12-13-29-15(3)26-22-20(24(29)31)21-23(28-19-7-5-4-6-18(19)27-21)30(22)17-10-8-16(25)9-11-17/h4-11,14H,12-13H2,1-3H3. The minimum Gasteiger partial charge on any atom is -0.296 e. The van der Waals surface area contributed by atoms with E-state index in [9.17, 15) is 9.18 Å². The zero-order valence-electron chi connectivity index (χ0n) is 17.6. The molecule has 0 bridgehead atoms. The van der Waals surface area contributed by atoms with Gasteiger partial charge in [-0.1, -0.05) is 26.0 Å². The molecule has 0 N–H and O–H groups in total. The van der Waals surface area contributed by atoms with Gasteiger partial charge < -0.3 is 0 Å². The Hall–Kier alpha value is -3.61. The first-order valence-corrected chi connectivity index (χ1v) is 10.4. The average Bonchev–Trinajstić information content (AvgIpc) is 3.05.